The van der Waals surface area contributed by atoms with Crippen LogP contribution in [-0.2, 0) is 0 Å². The second-order valence-corrected chi connectivity index (χ2v) is 4.99. The molecule has 1 rings (SSSR count). The van der Waals surface area contributed by atoms with E-state index in [0.29, 0.717) is 22.9 Å². The Morgan fingerprint density at radius 1 is 1.50 bits per heavy atom. The molecule has 0 spiro atoms. The maximum atomic E-state index is 12.0. The van der Waals surface area contributed by atoms with Gasteiger partial charge in [0.05, 0.1) is 18.1 Å². The van der Waals surface area contributed by atoms with Crippen LogP contribution in [-0.4, -0.2) is 24.9 Å². The third-order valence-corrected chi connectivity index (χ3v) is 3.10. The molecule has 0 saturated carbocycles. The number of carbonyl (C=O) groups is 1. The summed E-state index contributed by atoms with van der Waals surface area (Å²) < 4.78 is 5.12. The van der Waals surface area contributed by atoms with Crippen molar-refractivity contribution in [3.63, 3.8) is 0 Å². The summed E-state index contributed by atoms with van der Waals surface area (Å²) in [4.78, 5) is 12.0. The fraction of sp³-hybridized carbons (Fsp3) is 0.462. The SMILES string of the molecule is CCCC(Cl)CNC(=O)c1ccc(Cl)cc1OC. The first-order valence-corrected chi connectivity index (χ1v) is 6.65. The standard InChI is InChI=1S/C13H17Cl2NO2/c1-3-4-10(15)8-16-13(17)11-6-5-9(14)7-12(11)18-2/h5-7,10H,3-4,8H2,1-2H3,(H,16,17). The van der Waals surface area contributed by atoms with Gasteiger partial charge in [0.15, 0.2) is 0 Å². The van der Waals surface area contributed by atoms with Gasteiger partial charge < -0.3 is 10.1 Å². The van der Waals surface area contributed by atoms with Gasteiger partial charge in [0, 0.05) is 11.6 Å². The van der Waals surface area contributed by atoms with Gasteiger partial charge >= 0.3 is 0 Å². The summed E-state index contributed by atoms with van der Waals surface area (Å²) in [5, 5.41) is 3.27. The van der Waals surface area contributed by atoms with E-state index >= 15 is 0 Å². The molecule has 5 heteroatoms. The predicted molar refractivity (Wildman–Crippen MR) is 74.9 cm³/mol. The summed E-state index contributed by atoms with van der Waals surface area (Å²) in [6.45, 7) is 2.50. The number of hydrogen-bond donors (Lipinski definition) is 1. The van der Waals surface area contributed by atoms with Crippen molar-refractivity contribution in [1.82, 2.24) is 5.32 Å². The van der Waals surface area contributed by atoms with Crippen LogP contribution in [0.5, 0.6) is 5.75 Å². The highest BCUT2D eigenvalue weighted by atomic mass is 35.5. The number of carbonyl (C=O) groups excluding carboxylic acids is 1. The Bertz CT molecular complexity index is 410. The molecule has 0 saturated heterocycles. The van der Waals surface area contributed by atoms with E-state index < -0.39 is 0 Å². The Labute approximate surface area is 117 Å². The first kappa shape index (κ1) is 15.1. The normalized spacial score (nSPS) is 12.0. The van der Waals surface area contributed by atoms with E-state index in [0.717, 1.165) is 12.8 Å². The average Bonchev–Trinajstić information content (AvgIpc) is 2.36. The molecule has 0 bridgehead atoms. The number of hydrogen-bond acceptors (Lipinski definition) is 2. The van der Waals surface area contributed by atoms with E-state index in [1.165, 1.54) is 7.11 Å². The highest BCUT2D eigenvalue weighted by molar-refractivity contribution is 6.30. The Kier molecular flexibility index (Phi) is 6.30. The molecule has 1 unspecified atom stereocenters. The van der Waals surface area contributed by atoms with E-state index in [-0.39, 0.29) is 11.3 Å². The van der Waals surface area contributed by atoms with Gasteiger partial charge in [-0.2, -0.15) is 0 Å². The van der Waals surface area contributed by atoms with Crippen LogP contribution in [0.25, 0.3) is 0 Å². The van der Waals surface area contributed by atoms with E-state index in [9.17, 15) is 4.79 Å². The second-order valence-electron chi connectivity index (χ2n) is 3.94. The zero-order valence-corrected chi connectivity index (χ0v) is 12.0. The smallest absolute Gasteiger partial charge is 0.255 e. The summed E-state index contributed by atoms with van der Waals surface area (Å²) in [7, 11) is 1.50. The Morgan fingerprint density at radius 2 is 2.22 bits per heavy atom. The van der Waals surface area contributed by atoms with Crippen molar-refractivity contribution in [3.05, 3.63) is 28.8 Å². The van der Waals surface area contributed by atoms with E-state index in [4.69, 9.17) is 27.9 Å². The van der Waals surface area contributed by atoms with Crippen molar-refractivity contribution < 1.29 is 9.53 Å². The molecule has 1 N–H and O–H groups in total. The van der Waals surface area contributed by atoms with E-state index in [2.05, 4.69) is 12.2 Å². The molecule has 1 aromatic rings. The van der Waals surface area contributed by atoms with Crippen LogP contribution >= 0.6 is 23.2 Å². The van der Waals surface area contributed by atoms with Crippen LogP contribution in [0.2, 0.25) is 5.02 Å². The van der Waals surface area contributed by atoms with Gasteiger partial charge in [0.1, 0.15) is 5.75 Å². The van der Waals surface area contributed by atoms with Crippen LogP contribution < -0.4 is 10.1 Å². The third kappa shape index (κ3) is 4.39. The molecule has 1 aromatic carbocycles. The van der Waals surface area contributed by atoms with Crippen molar-refractivity contribution in [2.75, 3.05) is 13.7 Å². The van der Waals surface area contributed by atoms with Crippen LogP contribution in [0, 0.1) is 0 Å². The monoisotopic (exact) mass is 289 g/mol. The molecule has 0 aromatic heterocycles. The number of halogens is 2. The minimum Gasteiger partial charge on any atom is -0.496 e. The molecule has 100 valence electrons. The van der Waals surface area contributed by atoms with Gasteiger partial charge in [-0.05, 0) is 24.6 Å². The molecule has 0 aliphatic rings. The summed E-state index contributed by atoms with van der Waals surface area (Å²) in [6, 6.07) is 4.91. The number of nitrogens with one attached hydrogen (secondary N) is 1. The van der Waals surface area contributed by atoms with Crippen molar-refractivity contribution in [2.24, 2.45) is 0 Å². The molecule has 18 heavy (non-hydrogen) atoms. The zero-order chi connectivity index (χ0) is 13.5. The quantitative estimate of drug-likeness (QED) is 0.814. The molecular formula is C13H17Cl2NO2. The lowest BCUT2D eigenvalue weighted by molar-refractivity contribution is 0.0950. The summed E-state index contributed by atoms with van der Waals surface area (Å²) in [5.74, 6) is 0.256. The van der Waals surface area contributed by atoms with Crippen molar-refractivity contribution in [3.8, 4) is 5.75 Å². The Morgan fingerprint density at radius 3 is 2.83 bits per heavy atom. The second kappa shape index (κ2) is 7.49. The Balaban J connectivity index is 2.66. The molecule has 0 aliphatic carbocycles. The topological polar surface area (TPSA) is 38.3 Å². The van der Waals surface area contributed by atoms with Gasteiger partial charge in [-0.3, -0.25) is 4.79 Å². The molecule has 0 fully saturated rings. The zero-order valence-electron chi connectivity index (χ0n) is 10.5. The van der Waals surface area contributed by atoms with Gasteiger partial charge in [-0.15, -0.1) is 11.6 Å². The third-order valence-electron chi connectivity index (χ3n) is 2.49. The Hall–Kier alpha value is -0.930. The van der Waals surface area contributed by atoms with Gasteiger partial charge in [-0.25, -0.2) is 0 Å². The average molecular weight is 290 g/mol. The summed E-state index contributed by atoms with van der Waals surface area (Å²) >= 11 is 11.9. The van der Waals surface area contributed by atoms with Crippen LogP contribution in [0.1, 0.15) is 30.1 Å². The number of ether oxygens (including phenoxy) is 1. The van der Waals surface area contributed by atoms with Crippen molar-refractivity contribution >= 4 is 29.1 Å². The maximum Gasteiger partial charge on any atom is 0.255 e. The van der Waals surface area contributed by atoms with E-state index in [1.54, 1.807) is 18.2 Å². The lowest BCUT2D eigenvalue weighted by atomic mass is 10.2. The van der Waals surface area contributed by atoms with Crippen molar-refractivity contribution in [1.29, 1.82) is 0 Å². The fourth-order valence-corrected chi connectivity index (χ4v) is 2.02. The number of methoxy groups -OCH3 is 1. The first-order valence-electron chi connectivity index (χ1n) is 5.84. The minimum atomic E-state index is -0.203. The lowest BCUT2D eigenvalue weighted by Crippen LogP contribution is -2.30. The number of rotatable bonds is 6. The highest BCUT2D eigenvalue weighted by Gasteiger charge is 2.13. The largest absolute Gasteiger partial charge is 0.496 e. The molecular weight excluding hydrogens is 273 g/mol. The molecule has 0 aliphatic heterocycles. The number of amides is 1. The number of benzene rings is 1. The first-order chi connectivity index (χ1) is 8.58. The fourth-order valence-electron chi connectivity index (χ4n) is 1.57. The highest BCUT2D eigenvalue weighted by Crippen LogP contribution is 2.23. The molecule has 1 atom stereocenters. The van der Waals surface area contributed by atoms with E-state index in [1.807, 2.05) is 0 Å². The summed E-state index contributed by atoms with van der Waals surface area (Å²) in [5.41, 5.74) is 0.460. The minimum absolute atomic E-state index is 0.0442. The van der Waals surface area contributed by atoms with Gasteiger partial charge in [0.25, 0.3) is 5.91 Å². The number of alkyl halides is 1. The van der Waals surface area contributed by atoms with Crippen LogP contribution in [0.3, 0.4) is 0 Å². The molecule has 1 amide bonds. The molecule has 0 radical (unpaired) electrons. The summed E-state index contributed by atoms with van der Waals surface area (Å²) in [6.07, 6.45) is 1.87. The molecule has 3 nitrogen and oxygen atoms in total. The van der Waals surface area contributed by atoms with Gasteiger partial charge in [-0.1, -0.05) is 24.9 Å². The van der Waals surface area contributed by atoms with Crippen LogP contribution in [0.4, 0.5) is 0 Å². The predicted octanol–water partition coefficient (Wildman–Crippen LogP) is 3.49. The van der Waals surface area contributed by atoms with Crippen molar-refractivity contribution in [2.45, 2.75) is 25.1 Å². The van der Waals surface area contributed by atoms with Gasteiger partial charge in [0.2, 0.25) is 0 Å². The van der Waals surface area contributed by atoms with Crippen LogP contribution in [0.15, 0.2) is 18.2 Å². The molecule has 0 heterocycles. The maximum absolute atomic E-state index is 12.0. The lowest BCUT2D eigenvalue weighted by Gasteiger charge is -2.12.